The number of unbranched alkanes of at least 4 members (excludes halogenated alkanes) is 1. The SMILES string of the molecule is CCCCO.COc1ccc2nc([S@@](=O)Cc3ncc(C)c(OC)c3C)[nH]c2c1. The molecule has 0 aliphatic carbocycles. The third kappa shape index (κ3) is 5.77. The number of aromatic amines is 1. The minimum atomic E-state index is -1.33. The third-order valence-corrected chi connectivity index (χ3v) is 5.57. The Morgan fingerprint density at radius 2 is 1.97 bits per heavy atom. The number of aliphatic hydroxyl groups is 1. The van der Waals surface area contributed by atoms with Crippen LogP contribution in [0.2, 0.25) is 0 Å². The average Bonchev–Trinajstić information content (AvgIpc) is 3.15. The molecule has 1 atom stereocenters. The Labute approximate surface area is 174 Å². The number of hydrogen-bond acceptors (Lipinski definition) is 6. The second-order valence-electron chi connectivity index (χ2n) is 6.54. The summed E-state index contributed by atoms with van der Waals surface area (Å²) >= 11 is 0. The number of aryl methyl sites for hydroxylation is 1. The lowest BCUT2D eigenvalue weighted by Crippen LogP contribution is -2.05. The molecule has 0 fully saturated rings. The highest BCUT2D eigenvalue weighted by Gasteiger charge is 2.16. The standard InChI is InChI=1S/C17H19N3O3S.C4H10O/c1-10-8-18-15(11(2)16(10)23-4)9-24(21)17-19-13-6-5-12(22-3)7-14(13)20-17;1-2-3-4-5/h5-8H,9H2,1-4H3,(H,19,20);5H,2-4H2,1H3/t24-;/m0./s1. The summed E-state index contributed by atoms with van der Waals surface area (Å²) in [6.07, 6.45) is 3.78. The van der Waals surface area contributed by atoms with Crippen LogP contribution in [0.1, 0.15) is 36.6 Å². The van der Waals surface area contributed by atoms with Crippen LogP contribution in [0.25, 0.3) is 11.0 Å². The molecule has 3 rings (SSSR count). The number of nitrogens with zero attached hydrogens (tertiary/aromatic N) is 2. The van der Waals surface area contributed by atoms with Gasteiger partial charge < -0.3 is 19.6 Å². The molecule has 3 aromatic rings. The molecule has 0 aliphatic heterocycles. The maximum absolute atomic E-state index is 12.7. The van der Waals surface area contributed by atoms with Gasteiger partial charge in [-0.05, 0) is 32.4 Å². The molecular weight excluding hydrogens is 390 g/mol. The Balaban J connectivity index is 0.000000537. The van der Waals surface area contributed by atoms with Crippen molar-refractivity contribution in [1.29, 1.82) is 0 Å². The van der Waals surface area contributed by atoms with Crippen molar-refractivity contribution in [3.05, 3.63) is 41.2 Å². The van der Waals surface area contributed by atoms with E-state index in [1.807, 2.05) is 32.0 Å². The highest BCUT2D eigenvalue weighted by molar-refractivity contribution is 7.84. The van der Waals surface area contributed by atoms with Gasteiger partial charge in [-0.15, -0.1) is 0 Å². The van der Waals surface area contributed by atoms with Gasteiger partial charge in [0.15, 0.2) is 5.16 Å². The van der Waals surface area contributed by atoms with E-state index in [4.69, 9.17) is 14.6 Å². The second kappa shape index (κ2) is 10.9. The van der Waals surface area contributed by atoms with Gasteiger partial charge in [-0.1, -0.05) is 13.3 Å². The minimum Gasteiger partial charge on any atom is -0.497 e. The molecular formula is C21H29N3O4S. The fourth-order valence-electron chi connectivity index (χ4n) is 2.77. The number of benzene rings is 1. The Morgan fingerprint density at radius 3 is 2.55 bits per heavy atom. The number of rotatable bonds is 7. The number of methoxy groups -OCH3 is 2. The number of nitrogens with one attached hydrogen (secondary N) is 1. The number of H-pyrrole nitrogens is 1. The van der Waals surface area contributed by atoms with Crippen molar-refractivity contribution >= 4 is 21.8 Å². The van der Waals surface area contributed by atoms with Crippen LogP contribution in [-0.2, 0) is 16.6 Å². The van der Waals surface area contributed by atoms with E-state index in [1.54, 1.807) is 20.4 Å². The van der Waals surface area contributed by atoms with Crippen LogP contribution in [0.4, 0.5) is 0 Å². The van der Waals surface area contributed by atoms with Gasteiger partial charge in [-0.25, -0.2) is 4.98 Å². The predicted molar refractivity (Wildman–Crippen MR) is 115 cm³/mol. The first-order chi connectivity index (χ1) is 13.9. The second-order valence-corrected chi connectivity index (χ2v) is 7.90. The number of fused-ring (bicyclic) bond motifs is 1. The van der Waals surface area contributed by atoms with E-state index in [0.29, 0.717) is 11.8 Å². The fraction of sp³-hybridized carbons (Fsp3) is 0.429. The van der Waals surface area contributed by atoms with Crippen LogP contribution in [0.5, 0.6) is 11.5 Å². The Bertz CT molecular complexity index is 970. The van der Waals surface area contributed by atoms with E-state index in [9.17, 15) is 4.21 Å². The molecule has 0 saturated carbocycles. The molecule has 0 amide bonds. The van der Waals surface area contributed by atoms with Crippen LogP contribution in [0.3, 0.4) is 0 Å². The van der Waals surface area contributed by atoms with Gasteiger partial charge in [0.1, 0.15) is 11.5 Å². The maximum Gasteiger partial charge on any atom is 0.197 e. The lowest BCUT2D eigenvalue weighted by Gasteiger charge is -2.11. The zero-order valence-corrected chi connectivity index (χ0v) is 18.4. The highest BCUT2D eigenvalue weighted by atomic mass is 32.2. The molecule has 0 bridgehead atoms. The molecule has 8 heteroatoms. The average molecular weight is 420 g/mol. The molecule has 0 aliphatic rings. The van der Waals surface area contributed by atoms with Gasteiger partial charge in [0.2, 0.25) is 0 Å². The first-order valence-corrected chi connectivity index (χ1v) is 10.8. The molecule has 0 radical (unpaired) electrons. The van der Waals surface area contributed by atoms with Crippen molar-refractivity contribution in [2.24, 2.45) is 0 Å². The van der Waals surface area contributed by atoms with Gasteiger partial charge in [0.25, 0.3) is 0 Å². The Morgan fingerprint density at radius 1 is 1.21 bits per heavy atom. The van der Waals surface area contributed by atoms with Crippen LogP contribution in [0, 0.1) is 13.8 Å². The smallest absolute Gasteiger partial charge is 0.197 e. The van der Waals surface area contributed by atoms with E-state index in [-0.39, 0.29) is 5.75 Å². The third-order valence-electron chi connectivity index (χ3n) is 4.41. The molecule has 2 aromatic heterocycles. The van der Waals surface area contributed by atoms with Crippen molar-refractivity contribution < 1.29 is 18.8 Å². The first kappa shape index (κ1) is 22.8. The van der Waals surface area contributed by atoms with Gasteiger partial charge >= 0.3 is 0 Å². The summed E-state index contributed by atoms with van der Waals surface area (Å²) in [5.41, 5.74) is 4.16. The predicted octanol–water partition coefficient (Wildman–Crippen LogP) is 3.68. The first-order valence-electron chi connectivity index (χ1n) is 9.47. The van der Waals surface area contributed by atoms with Crippen molar-refractivity contribution in [2.45, 2.75) is 44.5 Å². The zero-order chi connectivity index (χ0) is 21.4. The topological polar surface area (TPSA) is 97.3 Å². The molecule has 2 N–H and O–H groups in total. The van der Waals surface area contributed by atoms with Crippen molar-refractivity contribution in [3.63, 3.8) is 0 Å². The fourth-order valence-corrected chi connectivity index (χ4v) is 3.87. The summed E-state index contributed by atoms with van der Waals surface area (Å²) in [5, 5.41) is 8.50. The molecule has 1 aromatic carbocycles. The summed E-state index contributed by atoms with van der Waals surface area (Å²) in [5.74, 6) is 1.79. The van der Waals surface area contributed by atoms with Gasteiger partial charge in [-0.2, -0.15) is 0 Å². The largest absolute Gasteiger partial charge is 0.497 e. The zero-order valence-electron chi connectivity index (χ0n) is 17.6. The lowest BCUT2D eigenvalue weighted by molar-refractivity contribution is 0.287. The number of aliphatic hydroxyl groups excluding tert-OH is 1. The summed E-state index contributed by atoms with van der Waals surface area (Å²) < 4.78 is 23.3. The highest BCUT2D eigenvalue weighted by Crippen LogP contribution is 2.26. The van der Waals surface area contributed by atoms with E-state index in [0.717, 1.165) is 52.2 Å². The monoisotopic (exact) mass is 419 g/mol. The number of pyridine rings is 1. The Hall–Kier alpha value is -2.45. The summed E-state index contributed by atoms with van der Waals surface area (Å²) in [7, 11) is 1.91. The van der Waals surface area contributed by atoms with E-state index >= 15 is 0 Å². The molecule has 2 heterocycles. The van der Waals surface area contributed by atoms with Crippen molar-refractivity contribution in [1.82, 2.24) is 15.0 Å². The summed E-state index contributed by atoms with van der Waals surface area (Å²) in [6.45, 7) is 6.26. The number of aromatic nitrogens is 3. The van der Waals surface area contributed by atoms with Crippen LogP contribution < -0.4 is 9.47 Å². The Kier molecular flexibility index (Phi) is 8.60. The van der Waals surface area contributed by atoms with Gasteiger partial charge in [0, 0.05) is 30.0 Å². The molecule has 158 valence electrons. The van der Waals surface area contributed by atoms with Crippen LogP contribution >= 0.6 is 0 Å². The molecule has 0 unspecified atom stereocenters. The van der Waals surface area contributed by atoms with Gasteiger partial charge in [0.05, 0.1) is 47.5 Å². The molecule has 29 heavy (non-hydrogen) atoms. The van der Waals surface area contributed by atoms with Crippen molar-refractivity contribution in [3.8, 4) is 11.5 Å². The van der Waals surface area contributed by atoms with E-state index < -0.39 is 10.8 Å². The molecule has 0 saturated heterocycles. The van der Waals surface area contributed by atoms with E-state index in [2.05, 4.69) is 21.9 Å². The number of ether oxygens (including phenoxy) is 2. The number of imidazole rings is 1. The molecule has 0 spiro atoms. The van der Waals surface area contributed by atoms with Gasteiger partial charge in [-0.3, -0.25) is 9.19 Å². The quantitative estimate of drug-likeness (QED) is 0.606. The summed E-state index contributed by atoms with van der Waals surface area (Å²) in [6, 6.07) is 5.50. The summed E-state index contributed by atoms with van der Waals surface area (Å²) in [4.78, 5) is 11.9. The normalized spacial score (nSPS) is 11.7. The van der Waals surface area contributed by atoms with Crippen molar-refractivity contribution in [2.75, 3.05) is 20.8 Å². The maximum atomic E-state index is 12.7. The lowest BCUT2D eigenvalue weighted by atomic mass is 10.1. The molecule has 7 nitrogen and oxygen atoms in total. The van der Waals surface area contributed by atoms with Crippen LogP contribution in [0.15, 0.2) is 29.6 Å². The minimum absolute atomic E-state index is 0.277. The van der Waals surface area contributed by atoms with Crippen LogP contribution in [-0.4, -0.2) is 45.1 Å². The van der Waals surface area contributed by atoms with E-state index in [1.165, 1.54) is 0 Å². The number of hydrogen-bond donors (Lipinski definition) is 2.